The lowest BCUT2D eigenvalue weighted by molar-refractivity contribution is 0.375. The van der Waals surface area contributed by atoms with Crippen molar-refractivity contribution in [2.45, 2.75) is 19.4 Å². The molecule has 0 saturated carbocycles. The van der Waals surface area contributed by atoms with Crippen LogP contribution >= 0.6 is 0 Å². The van der Waals surface area contributed by atoms with E-state index in [1.54, 1.807) is 11.8 Å². The average Bonchev–Trinajstić information content (AvgIpc) is 3.50. The van der Waals surface area contributed by atoms with Crippen molar-refractivity contribution in [3.8, 4) is 22.7 Å². The van der Waals surface area contributed by atoms with Crippen LogP contribution in [-0.2, 0) is 10.0 Å². The zero-order valence-corrected chi connectivity index (χ0v) is 20.6. The zero-order chi connectivity index (χ0) is 24.6. The summed E-state index contributed by atoms with van der Waals surface area (Å²) in [6.07, 6.45) is 3.54. The molecular weight excluding hydrogens is 460 g/mol. The molecule has 4 aromatic rings. The molecule has 0 amide bonds. The normalized spacial score (nSPS) is 15.8. The summed E-state index contributed by atoms with van der Waals surface area (Å²) in [6, 6.07) is 24.8. The molecule has 35 heavy (non-hydrogen) atoms. The monoisotopic (exact) mass is 486 g/mol. The van der Waals surface area contributed by atoms with Crippen molar-refractivity contribution in [1.29, 1.82) is 0 Å². The highest BCUT2D eigenvalue weighted by molar-refractivity contribution is 7.88. The van der Waals surface area contributed by atoms with E-state index < -0.39 is 16.1 Å². The predicted octanol–water partition coefficient (Wildman–Crippen LogP) is 4.97. The van der Waals surface area contributed by atoms with Crippen LogP contribution in [0.4, 0.5) is 0 Å². The topological polar surface area (TPSA) is 76.8 Å². The van der Waals surface area contributed by atoms with Gasteiger partial charge in [0, 0.05) is 23.7 Å². The van der Waals surface area contributed by atoms with E-state index in [1.807, 2.05) is 92.0 Å². The number of methoxy groups -OCH3 is 1. The van der Waals surface area contributed by atoms with Gasteiger partial charge in [-0.05, 0) is 48.9 Å². The fourth-order valence-corrected chi connectivity index (χ4v) is 5.16. The van der Waals surface area contributed by atoms with Gasteiger partial charge >= 0.3 is 0 Å². The van der Waals surface area contributed by atoms with Gasteiger partial charge in [0.05, 0.1) is 36.5 Å². The minimum atomic E-state index is -3.63. The smallest absolute Gasteiger partial charge is 0.247 e. The Kier molecular flexibility index (Phi) is 5.90. The third kappa shape index (κ3) is 4.57. The predicted molar refractivity (Wildman–Crippen MR) is 137 cm³/mol. The minimum Gasteiger partial charge on any atom is -0.497 e. The summed E-state index contributed by atoms with van der Waals surface area (Å²) in [5.74, 6) is 0.737. The number of hydrazone groups is 1. The molecular formula is C27H26N4O3S. The first-order chi connectivity index (χ1) is 16.8. The van der Waals surface area contributed by atoms with E-state index >= 15 is 0 Å². The molecule has 5 rings (SSSR count). The summed E-state index contributed by atoms with van der Waals surface area (Å²) in [5.41, 5.74) is 6.02. The maximum Gasteiger partial charge on any atom is 0.247 e. The van der Waals surface area contributed by atoms with Gasteiger partial charge in [-0.25, -0.2) is 13.1 Å². The van der Waals surface area contributed by atoms with Crippen molar-refractivity contribution in [2.24, 2.45) is 5.10 Å². The number of hydrogen-bond donors (Lipinski definition) is 0. The van der Waals surface area contributed by atoms with Crippen molar-refractivity contribution < 1.29 is 13.2 Å². The van der Waals surface area contributed by atoms with E-state index in [2.05, 4.69) is 5.10 Å². The maximum absolute atomic E-state index is 12.8. The van der Waals surface area contributed by atoms with Crippen LogP contribution in [0.5, 0.6) is 5.75 Å². The number of rotatable bonds is 6. The minimum absolute atomic E-state index is 0.444. The summed E-state index contributed by atoms with van der Waals surface area (Å²) in [5, 5.41) is 9.45. The quantitative estimate of drug-likeness (QED) is 0.386. The van der Waals surface area contributed by atoms with Crippen molar-refractivity contribution in [3.05, 3.63) is 102 Å². The lowest BCUT2D eigenvalue weighted by Crippen LogP contribution is -2.26. The molecule has 0 spiro atoms. The molecule has 1 aromatic heterocycles. The molecule has 0 N–H and O–H groups in total. The second-order valence-corrected chi connectivity index (χ2v) is 10.5. The third-order valence-electron chi connectivity index (χ3n) is 6.08. The third-order valence-corrected chi connectivity index (χ3v) is 7.10. The van der Waals surface area contributed by atoms with Crippen LogP contribution < -0.4 is 4.74 Å². The summed E-state index contributed by atoms with van der Waals surface area (Å²) < 4.78 is 34.0. The first-order valence-electron chi connectivity index (χ1n) is 11.3. The van der Waals surface area contributed by atoms with Crippen molar-refractivity contribution in [2.75, 3.05) is 13.4 Å². The molecule has 1 aliphatic heterocycles. The number of aromatic nitrogens is 2. The van der Waals surface area contributed by atoms with Gasteiger partial charge < -0.3 is 4.74 Å². The molecule has 3 aromatic carbocycles. The number of sulfonamides is 1. The highest BCUT2D eigenvalue weighted by Gasteiger charge is 2.37. The molecule has 8 heteroatoms. The van der Waals surface area contributed by atoms with Gasteiger partial charge in [0.15, 0.2) is 0 Å². The van der Waals surface area contributed by atoms with Crippen molar-refractivity contribution >= 4 is 15.7 Å². The summed E-state index contributed by atoms with van der Waals surface area (Å²) in [7, 11) is -2.00. The van der Waals surface area contributed by atoms with E-state index in [1.165, 1.54) is 10.7 Å². The number of aryl methyl sites for hydroxylation is 1. The highest BCUT2D eigenvalue weighted by Crippen LogP contribution is 2.39. The Labute approximate surface area is 205 Å². The van der Waals surface area contributed by atoms with E-state index in [-0.39, 0.29) is 0 Å². The molecule has 0 fully saturated rings. The van der Waals surface area contributed by atoms with E-state index in [9.17, 15) is 8.42 Å². The molecule has 2 heterocycles. The first kappa shape index (κ1) is 22.9. The first-order valence-corrected chi connectivity index (χ1v) is 13.1. The Morgan fingerprint density at radius 2 is 1.57 bits per heavy atom. The summed E-state index contributed by atoms with van der Waals surface area (Å²) >= 11 is 0. The van der Waals surface area contributed by atoms with Gasteiger partial charge in [0.25, 0.3) is 0 Å². The highest BCUT2D eigenvalue weighted by atomic mass is 32.2. The van der Waals surface area contributed by atoms with Crippen LogP contribution in [0.1, 0.15) is 29.2 Å². The molecule has 0 bridgehead atoms. The summed E-state index contributed by atoms with van der Waals surface area (Å²) in [4.78, 5) is 0. The van der Waals surface area contributed by atoms with Gasteiger partial charge in [0.1, 0.15) is 5.75 Å². The van der Waals surface area contributed by atoms with Gasteiger partial charge in [0.2, 0.25) is 10.0 Å². The zero-order valence-electron chi connectivity index (χ0n) is 19.8. The van der Waals surface area contributed by atoms with Crippen LogP contribution in [-0.4, -0.2) is 41.7 Å². The Hall–Kier alpha value is -3.91. The largest absolute Gasteiger partial charge is 0.497 e. The molecule has 7 nitrogen and oxygen atoms in total. The number of nitrogens with zero attached hydrogens (tertiary/aromatic N) is 4. The van der Waals surface area contributed by atoms with Gasteiger partial charge in [-0.3, -0.25) is 0 Å². The fraction of sp³-hybridized carbons (Fsp3) is 0.185. The molecule has 178 valence electrons. The fourth-order valence-electron chi connectivity index (χ4n) is 4.26. The number of ether oxygens (including phenoxy) is 1. The lowest BCUT2D eigenvalue weighted by Gasteiger charge is -2.21. The van der Waals surface area contributed by atoms with Crippen LogP contribution in [0.25, 0.3) is 16.9 Å². The van der Waals surface area contributed by atoms with Gasteiger partial charge in [-0.2, -0.15) is 14.6 Å². The number of hydrogen-bond acceptors (Lipinski definition) is 5. The van der Waals surface area contributed by atoms with Crippen LogP contribution in [0, 0.1) is 6.92 Å². The van der Waals surface area contributed by atoms with Crippen molar-refractivity contribution in [1.82, 2.24) is 14.2 Å². The molecule has 0 radical (unpaired) electrons. The molecule has 1 unspecified atom stereocenters. The Morgan fingerprint density at radius 1 is 0.914 bits per heavy atom. The summed E-state index contributed by atoms with van der Waals surface area (Å²) in [6.45, 7) is 2.02. The number of benzene rings is 3. The van der Waals surface area contributed by atoms with E-state index in [4.69, 9.17) is 9.84 Å². The second-order valence-electron chi connectivity index (χ2n) is 8.61. The lowest BCUT2D eigenvalue weighted by atomic mass is 9.97. The van der Waals surface area contributed by atoms with Gasteiger partial charge in [-0.15, -0.1) is 0 Å². The van der Waals surface area contributed by atoms with Crippen LogP contribution in [0.3, 0.4) is 0 Å². The Balaban J connectivity index is 1.63. The molecule has 0 aliphatic carbocycles. The Bertz CT molecular complexity index is 1480. The Morgan fingerprint density at radius 3 is 2.20 bits per heavy atom. The maximum atomic E-state index is 12.8. The van der Waals surface area contributed by atoms with E-state index in [0.717, 1.165) is 39.4 Å². The van der Waals surface area contributed by atoms with Gasteiger partial charge in [-0.1, -0.05) is 48.0 Å². The van der Waals surface area contributed by atoms with E-state index in [0.29, 0.717) is 12.1 Å². The number of para-hydroxylation sites is 1. The molecule has 1 atom stereocenters. The van der Waals surface area contributed by atoms with Crippen molar-refractivity contribution in [3.63, 3.8) is 0 Å². The molecule has 0 saturated heterocycles. The standard InChI is InChI=1S/C27H26N4O3S/c1-19-9-11-20(12-10-19)25-17-26(31(28-25)35(3,32)33)24-18-30(22-7-5-4-6-8-22)29-27(24)21-13-15-23(34-2)16-14-21/h4-16,18,26H,17H2,1-3H3. The SMILES string of the molecule is COc1ccc(-c2nn(-c3ccccc3)cc2C2CC(c3ccc(C)cc3)=NN2S(C)(=O)=O)cc1. The average molecular weight is 487 g/mol. The molecule has 1 aliphatic rings. The second kappa shape index (κ2) is 9.03. The van der Waals surface area contributed by atoms with Crippen LogP contribution in [0.15, 0.2) is 90.2 Å². The van der Waals surface area contributed by atoms with Crippen LogP contribution in [0.2, 0.25) is 0 Å².